The molecule has 2 heteroatoms. The number of rotatable bonds is 9. The molecule has 136 valence electrons. The zero-order valence-corrected chi connectivity index (χ0v) is 15.3. The lowest BCUT2D eigenvalue weighted by molar-refractivity contribution is -0.344. The van der Waals surface area contributed by atoms with E-state index in [1.165, 1.54) is 0 Å². The Morgan fingerprint density at radius 3 is 1.56 bits per heavy atom. The van der Waals surface area contributed by atoms with Gasteiger partial charge in [0.05, 0.1) is 6.61 Å². The van der Waals surface area contributed by atoms with Crippen LogP contribution in [0.1, 0.15) is 23.1 Å². The summed E-state index contributed by atoms with van der Waals surface area (Å²) in [5.74, 6) is 0. The highest BCUT2D eigenvalue weighted by Crippen LogP contribution is 2.40. The van der Waals surface area contributed by atoms with E-state index in [4.69, 9.17) is 9.78 Å². The molecule has 0 fully saturated rings. The first kappa shape index (κ1) is 18.8. The Morgan fingerprint density at radius 2 is 1.15 bits per heavy atom. The maximum atomic E-state index is 6.21. The molecule has 0 saturated carbocycles. The van der Waals surface area contributed by atoms with Crippen LogP contribution in [0.2, 0.25) is 0 Å². The van der Waals surface area contributed by atoms with E-state index in [0.29, 0.717) is 6.61 Å². The summed E-state index contributed by atoms with van der Waals surface area (Å²) in [7, 11) is 0. The molecular formula is C25H24O2. The molecule has 3 aromatic rings. The first-order chi connectivity index (χ1) is 13.4. The molecule has 27 heavy (non-hydrogen) atoms. The van der Waals surface area contributed by atoms with Crippen molar-refractivity contribution >= 4 is 0 Å². The fourth-order valence-corrected chi connectivity index (χ4v) is 3.10. The number of hydrogen-bond acceptors (Lipinski definition) is 2. The Bertz CT molecular complexity index is 743. The molecule has 0 aliphatic carbocycles. The fourth-order valence-electron chi connectivity index (χ4n) is 3.10. The summed E-state index contributed by atoms with van der Waals surface area (Å²) in [5, 5.41) is 0. The molecule has 0 N–H and O–H groups in total. The molecule has 0 heterocycles. The van der Waals surface area contributed by atoms with Gasteiger partial charge in [0.1, 0.15) is 0 Å². The van der Waals surface area contributed by atoms with Gasteiger partial charge in [-0.15, -0.1) is 0 Å². The van der Waals surface area contributed by atoms with E-state index in [-0.39, 0.29) is 0 Å². The van der Waals surface area contributed by atoms with Gasteiger partial charge >= 0.3 is 0 Å². The van der Waals surface area contributed by atoms with Crippen molar-refractivity contribution in [2.24, 2.45) is 0 Å². The average Bonchev–Trinajstić information content (AvgIpc) is 2.75. The van der Waals surface area contributed by atoms with Crippen molar-refractivity contribution in [1.82, 2.24) is 0 Å². The van der Waals surface area contributed by atoms with E-state index in [0.717, 1.165) is 23.1 Å². The second-order valence-electron chi connectivity index (χ2n) is 6.14. The highest BCUT2D eigenvalue weighted by Gasteiger charge is 2.39. The molecule has 0 atom stereocenters. The van der Waals surface area contributed by atoms with Gasteiger partial charge < -0.3 is 0 Å². The van der Waals surface area contributed by atoms with E-state index in [2.05, 4.69) is 43.0 Å². The molecule has 3 rings (SSSR count). The van der Waals surface area contributed by atoms with Crippen LogP contribution < -0.4 is 0 Å². The Balaban J connectivity index is 2.03. The maximum absolute atomic E-state index is 6.21. The summed E-state index contributed by atoms with van der Waals surface area (Å²) < 4.78 is 0. The Labute approximate surface area is 161 Å². The molecular weight excluding hydrogens is 332 g/mol. The summed E-state index contributed by atoms with van der Waals surface area (Å²) >= 11 is 0. The van der Waals surface area contributed by atoms with E-state index in [9.17, 15) is 0 Å². The summed E-state index contributed by atoms with van der Waals surface area (Å²) in [4.78, 5) is 11.9. The van der Waals surface area contributed by atoms with Gasteiger partial charge in [-0.25, -0.2) is 9.78 Å². The Hall–Kier alpha value is -2.94. The lowest BCUT2D eigenvalue weighted by Crippen LogP contribution is -2.33. The molecule has 0 spiro atoms. The molecule has 0 aliphatic heterocycles. The molecule has 0 unspecified atom stereocenters. The molecule has 0 radical (unpaired) electrons. The quantitative estimate of drug-likeness (QED) is 0.153. The van der Waals surface area contributed by atoms with Gasteiger partial charge in [0.2, 0.25) is 0 Å². The monoisotopic (exact) mass is 356 g/mol. The van der Waals surface area contributed by atoms with Gasteiger partial charge in [-0.05, 0) is 23.1 Å². The molecule has 3 aromatic carbocycles. The highest BCUT2D eigenvalue weighted by atomic mass is 17.2. The summed E-state index contributed by atoms with van der Waals surface area (Å²) in [6.45, 7) is 4.13. The third-order valence-corrected chi connectivity index (χ3v) is 4.36. The lowest BCUT2D eigenvalue weighted by atomic mass is 9.80. The summed E-state index contributed by atoms with van der Waals surface area (Å²) in [5.41, 5.74) is 2.21. The summed E-state index contributed by atoms with van der Waals surface area (Å²) in [6.07, 6.45) is 6.41. The first-order valence-corrected chi connectivity index (χ1v) is 9.12. The molecule has 2 nitrogen and oxygen atoms in total. The Kier molecular flexibility index (Phi) is 6.75. The smallest absolute Gasteiger partial charge is 0.178 e. The number of hydrogen-bond donors (Lipinski definition) is 0. The average molecular weight is 356 g/mol. The topological polar surface area (TPSA) is 18.5 Å². The second kappa shape index (κ2) is 9.67. The van der Waals surface area contributed by atoms with Crippen molar-refractivity contribution in [3.8, 4) is 0 Å². The minimum atomic E-state index is -0.841. The predicted octanol–water partition coefficient (Wildman–Crippen LogP) is 6.06. The zero-order chi connectivity index (χ0) is 18.8. The first-order valence-electron chi connectivity index (χ1n) is 9.12. The van der Waals surface area contributed by atoms with Gasteiger partial charge in [-0.1, -0.05) is 116 Å². The SMILES string of the molecule is C=CC=CCCOOC(c1ccccc1)(c1ccccc1)c1ccccc1. The van der Waals surface area contributed by atoms with Crippen LogP contribution in [0.25, 0.3) is 0 Å². The third-order valence-electron chi connectivity index (χ3n) is 4.36. The molecule has 0 bridgehead atoms. The van der Waals surface area contributed by atoms with E-state index < -0.39 is 5.60 Å². The van der Waals surface area contributed by atoms with Crippen LogP contribution in [0.4, 0.5) is 0 Å². The second-order valence-corrected chi connectivity index (χ2v) is 6.14. The number of benzene rings is 3. The fraction of sp³-hybridized carbons (Fsp3) is 0.120. The summed E-state index contributed by atoms with van der Waals surface area (Å²) in [6, 6.07) is 30.6. The number of allylic oxidation sites excluding steroid dienone is 2. The normalized spacial score (nSPS) is 11.6. The van der Waals surface area contributed by atoms with Gasteiger partial charge in [0.25, 0.3) is 0 Å². The standard InChI is InChI=1S/C25H24O2/c1-2-3-4-14-21-26-27-25(22-15-8-5-9-16-22,23-17-10-6-11-18-23)24-19-12-7-13-20-24/h2-13,15-20H,1,14,21H2. The van der Waals surface area contributed by atoms with Gasteiger partial charge in [0, 0.05) is 0 Å². The van der Waals surface area contributed by atoms with Gasteiger partial charge in [-0.3, -0.25) is 0 Å². The van der Waals surface area contributed by atoms with E-state index in [1.54, 1.807) is 6.08 Å². The largest absolute Gasteiger partial charge is 0.235 e. The molecule has 0 aliphatic rings. The van der Waals surface area contributed by atoms with Gasteiger partial charge in [0.15, 0.2) is 5.60 Å². The van der Waals surface area contributed by atoms with Crippen LogP contribution in [0.5, 0.6) is 0 Å². The molecule has 0 amide bonds. The van der Waals surface area contributed by atoms with Gasteiger partial charge in [-0.2, -0.15) is 0 Å². The van der Waals surface area contributed by atoms with E-state index in [1.807, 2.05) is 66.7 Å². The highest BCUT2D eigenvalue weighted by molar-refractivity contribution is 5.47. The van der Waals surface area contributed by atoms with Crippen LogP contribution in [-0.4, -0.2) is 6.61 Å². The third kappa shape index (κ3) is 4.43. The molecule has 0 saturated heterocycles. The van der Waals surface area contributed by atoms with Crippen LogP contribution in [0, 0.1) is 0 Å². The lowest BCUT2D eigenvalue weighted by Gasteiger charge is -2.34. The van der Waals surface area contributed by atoms with Crippen molar-refractivity contribution in [2.75, 3.05) is 6.61 Å². The van der Waals surface area contributed by atoms with Crippen LogP contribution in [0.15, 0.2) is 116 Å². The molecule has 0 aromatic heterocycles. The van der Waals surface area contributed by atoms with Crippen LogP contribution in [-0.2, 0) is 15.4 Å². The minimum absolute atomic E-state index is 0.457. The van der Waals surface area contributed by atoms with Crippen molar-refractivity contribution in [3.63, 3.8) is 0 Å². The Morgan fingerprint density at radius 1 is 0.704 bits per heavy atom. The van der Waals surface area contributed by atoms with Crippen LogP contribution >= 0.6 is 0 Å². The van der Waals surface area contributed by atoms with Crippen molar-refractivity contribution in [2.45, 2.75) is 12.0 Å². The zero-order valence-electron chi connectivity index (χ0n) is 15.3. The van der Waals surface area contributed by atoms with E-state index >= 15 is 0 Å². The van der Waals surface area contributed by atoms with Crippen LogP contribution in [0.3, 0.4) is 0 Å². The van der Waals surface area contributed by atoms with Crippen molar-refractivity contribution in [1.29, 1.82) is 0 Å². The minimum Gasteiger partial charge on any atom is -0.235 e. The predicted molar refractivity (Wildman–Crippen MR) is 110 cm³/mol. The van der Waals surface area contributed by atoms with Crippen molar-refractivity contribution < 1.29 is 9.78 Å². The van der Waals surface area contributed by atoms with Crippen molar-refractivity contribution in [3.05, 3.63) is 132 Å². The maximum Gasteiger partial charge on any atom is 0.178 e.